The monoisotopic (exact) mass is 477 g/mol. The van der Waals surface area contributed by atoms with Crippen LogP contribution in [0.4, 0.5) is 20.7 Å². The van der Waals surface area contributed by atoms with Crippen molar-refractivity contribution in [2.75, 3.05) is 18.1 Å². The molecule has 1 aliphatic heterocycles. The molecule has 33 heavy (non-hydrogen) atoms. The van der Waals surface area contributed by atoms with E-state index in [1.54, 1.807) is 13.8 Å². The summed E-state index contributed by atoms with van der Waals surface area (Å²) >= 11 is 0. The summed E-state index contributed by atoms with van der Waals surface area (Å²) in [5.74, 6) is -0.934. The molecule has 3 rings (SSSR count). The molecule has 1 amide bonds. The number of anilines is 2. The van der Waals surface area contributed by atoms with Crippen LogP contribution in [0, 0.1) is 17.1 Å². The van der Waals surface area contributed by atoms with E-state index in [1.807, 2.05) is 6.07 Å². The Morgan fingerprint density at radius 2 is 2.09 bits per heavy atom. The zero-order valence-corrected chi connectivity index (χ0v) is 19.2. The van der Waals surface area contributed by atoms with Crippen LogP contribution >= 0.6 is 0 Å². The number of hydrogen-bond donors (Lipinski definition) is 1. The van der Waals surface area contributed by atoms with Crippen LogP contribution in [-0.2, 0) is 14.6 Å². The number of nitrogens with one attached hydrogen (secondary N) is 1. The normalized spacial score (nSPS) is 16.2. The number of sulfone groups is 1. The van der Waals surface area contributed by atoms with Crippen LogP contribution in [0.5, 0.6) is 5.88 Å². The minimum Gasteiger partial charge on any atom is -0.452 e. The molecule has 1 atom stereocenters. The predicted molar refractivity (Wildman–Crippen MR) is 116 cm³/mol. The molecule has 176 valence electrons. The van der Waals surface area contributed by atoms with E-state index in [2.05, 4.69) is 15.3 Å². The van der Waals surface area contributed by atoms with E-state index in [1.165, 1.54) is 17.0 Å². The van der Waals surface area contributed by atoms with E-state index >= 15 is 0 Å². The highest BCUT2D eigenvalue weighted by atomic mass is 32.2. The Hall–Kier alpha value is -3.46. The molecule has 1 N–H and O–H groups in total. The third-order valence-corrected chi connectivity index (χ3v) is 5.92. The number of ether oxygens (including phenoxy) is 2. The number of carbonyl (C=O) groups excluding carboxylic acids is 1. The molecule has 2 heterocycles. The third-order valence-electron chi connectivity index (χ3n) is 4.81. The second kappa shape index (κ2) is 9.99. The van der Waals surface area contributed by atoms with E-state index < -0.39 is 28.0 Å². The van der Waals surface area contributed by atoms with E-state index in [-0.39, 0.29) is 33.9 Å². The molecule has 1 fully saturated rings. The molecular formula is C21H24FN5O5S. The average Bonchev–Trinajstić information content (AvgIpc) is 2.74. The van der Waals surface area contributed by atoms with Crippen molar-refractivity contribution < 1.29 is 27.1 Å². The number of rotatable bonds is 6. The molecular weight excluding hydrogens is 453 g/mol. The fraction of sp³-hybridized carbons (Fsp3) is 0.429. The first-order valence-corrected chi connectivity index (χ1v) is 12.1. The van der Waals surface area contributed by atoms with Gasteiger partial charge in [-0.15, -0.1) is 0 Å². The Morgan fingerprint density at radius 1 is 1.33 bits per heavy atom. The molecule has 1 aromatic carbocycles. The van der Waals surface area contributed by atoms with Gasteiger partial charge >= 0.3 is 6.09 Å². The number of nitrogens with zero attached hydrogens (tertiary/aromatic N) is 4. The number of carbonyl (C=O) groups is 1. The van der Waals surface area contributed by atoms with Crippen LogP contribution in [-0.4, -0.2) is 54.5 Å². The molecule has 1 unspecified atom stereocenters. The van der Waals surface area contributed by atoms with E-state index in [9.17, 15) is 22.9 Å². The van der Waals surface area contributed by atoms with Gasteiger partial charge in [0, 0.05) is 19.2 Å². The van der Waals surface area contributed by atoms with Crippen LogP contribution in [0.3, 0.4) is 0 Å². The minimum atomic E-state index is -3.58. The van der Waals surface area contributed by atoms with Crippen LogP contribution in [0.25, 0.3) is 0 Å². The lowest BCUT2D eigenvalue weighted by molar-refractivity contribution is -0.0164. The highest BCUT2D eigenvalue weighted by Gasteiger charge is 2.31. The van der Waals surface area contributed by atoms with Gasteiger partial charge in [0.15, 0.2) is 27.4 Å². The number of benzene rings is 1. The number of amides is 1. The molecule has 0 spiro atoms. The maximum Gasteiger partial charge on any atom is 0.412 e. The van der Waals surface area contributed by atoms with Crippen LogP contribution in [0.1, 0.15) is 38.7 Å². The number of aromatic nitrogens is 2. The van der Waals surface area contributed by atoms with Crippen molar-refractivity contribution in [3.8, 4) is 11.9 Å². The van der Waals surface area contributed by atoms with E-state index in [4.69, 9.17) is 9.47 Å². The average molecular weight is 478 g/mol. The Balaban J connectivity index is 1.86. The Bertz CT molecular complexity index is 1180. The van der Waals surface area contributed by atoms with Crippen molar-refractivity contribution in [1.82, 2.24) is 14.9 Å². The van der Waals surface area contributed by atoms with Crippen LogP contribution in [0.2, 0.25) is 0 Å². The zero-order chi connectivity index (χ0) is 24.2. The summed E-state index contributed by atoms with van der Waals surface area (Å²) in [4.78, 5) is 21.7. The number of piperidine rings is 1. The van der Waals surface area contributed by atoms with Gasteiger partial charge in [-0.05, 0) is 44.9 Å². The van der Waals surface area contributed by atoms with Gasteiger partial charge in [0.25, 0.3) is 0 Å². The molecule has 2 aromatic rings. The van der Waals surface area contributed by atoms with Crippen molar-refractivity contribution in [3.05, 3.63) is 35.9 Å². The molecule has 1 saturated heterocycles. The molecule has 1 aromatic heterocycles. The fourth-order valence-corrected chi connectivity index (χ4v) is 3.87. The highest BCUT2D eigenvalue weighted by molar-refractivity contribution is 7.90. The molecule has 0 aliphatic carbocycles. The first-order chi connectivity index (χ1) is 15.6. The zero-order valence-electron chi connectivity index (χ0n) is 18.4. The summed E-state index contributed by atoms with van der Waals surface area (Å²) in [6.07, 6.45) is 2.73. The summed E-state index contributed by atoms with van der Waals surface area (Å²) in [7, 11) is -3.58. The fourth-order valence-electron chi connectivity index (χ4n) is 3.24. The Morgan fingerprint density at radius 3 is 2.73 bits per heavy atom. The van der Waals surface area contributed by atoms with Gasteiger partial charge in [-0.1, -0.05) is 0 Å². The smallest absolute Gasteiger partial charge is 0.412 e. The van der Waals surface area contributed by atoms with Crippen molar-refractivity contribution >= 4 is 27.4 Å². The maximum atomic E-state index is 14.5. The van der Waals surface area contributed by atoms with E-state index in [0.29, 0.717) is 13.0 Å². The quantitative estimate of drug-likeness (QED) is 0.664. The van der Waals surface area contributed by atoms with E-state index in [0.717, 1.165) is 31.5 Å². The van der Waals surface area contributed by atoms with Crippen molar-refractivity contribution in [2.45, 2.75) is 50.3 Å². The minimum absolute atomic E-state index is 0.0272. The van der Waals surface area contributed by atoms with Crippen molar-refractivity contribution in [3.63, 3.8) is 0 Å². The van der Waals surface area contributed by atoms with Gasteiger partial charge in [-0.2, -0.15) is 5.26 Å². The molecule has 0 radical (unpaired) electrons. The van der Waals surface area contributed by atoms with Crippen molar-refractivity contribution in [1.29, 1.82) is 5.26 Å². The van der Waals surface area contributed by atoms with Gasteiger partial charge < -0.3 is 14.8 Å². The van der Waals surface area contributed by atoms with Gasteiger partial charge in [0.05, 0.1) is 16.7 Å². The molecule has 12 heteroatoms. The standard InChI is InChI=1S/C21H24FN5O5S/c1-13(2)31-21(28)27-9-5-4-6-18(27)32-20-15(11-23)19(24-12-25-20)26-17-8-7-14(10-16(17)22)33(3,29)30/h7-8,10,12-13,18H,4-6,9H2,1-3H3,(H,24,25,26). The summed E-state index contributed by atoms with van der Waals surface area (Å²) in [6, 6.07) is 5.30. The molecule has 0 bridgehead atoms. The number of hydrogen-bond acceptors (Lipinski definition) is 9. The van der Waals surface area contributed by atoms with Crippen molar-refractivity contribution in [2.24, 2.45) is 0 Å². The summed E-state index contributed by atoms with van der Waals surface area (Å²) < 4.78 is 48.9. The maximum absolute atomic E-state index is 14.5. The number of halogens is 1. The number of likely N-dealkylation sites (tertiary alicyclic amines) is 1. The second-order valence-corrected chi connectivity index (χ2v) is 9.76. The Labute approximate surface area is 191 Å². The summed E-state index contributed by atoms with van der Waals surface area (Å²) in [6.45, 7) is 3.93. The lowest BCUT2D eigenvalue weighted by Gasteiger charge is -2.34. The predicted octanol–water partition coefficient (Wildman–Crippen LogP) is 3.37. The molecule has 1 aliphatic rings. The lowest BCUT2D eigenvalue weighted by atomic mass is 10.1. The topological polar surface area (TPSA) is 135 Å². The summed E-state index contributed by atoms with van der Waals surface area (Å²) in [5.41, 5.74) is -0.171. The van der Waals surface area contributed by atoms with Gasteiger partial charge in [-0.3, -0.25) is 4.90 Å². The van der Waals surface area contributed by atoms with Crippen LogP contribution in [0.15, 0.2) is 29.4 Å². The first kappa shape index (κ1) is 24.2. The van der Waals surface area contributed by atoms with Crippen LogP contribution < -0.4 is 10.1 Å². The number of nitriles is 1. The third kappa shape index (κ3) is 5.87. The largest absolute Gasteiger partial charge is 0.452 e. The first-order valence-electron chi connectivity index (χ1n) is 10.3. The Kier molecular flexibility index (Phi) is 7.33. The van der Waals surface area contributed by atoms with Gasteiger partial charge in [-0.25, -0.2) is 27.6 Å². The summed E-state index contributed by atoms with van der Waals surface area (Å²) in [5, 5.41) is 12.4. The highest BCUT2D eigenvalue weighted by Crippen LogP contribution is 2.29. The van der Waals surface area contributed by atoms with Gasteiger partial charge in [0.2, 0.25) is 5.88 Å². The molecule has 0 saturated carbocycles. The second-order valence-electron chi connectivity index (χ2n) is 7.75. The van der Waals surface area contributed by atoms with Gasteiger partial charge in [0.1, 0.15) is 18.2 Å². The lowest BCUT2D eigenvalue weighted by Crippen LogP contribution is -2.47. The SMILES string of the molecule is CC(C)OC(=O)N1CCCCC1Oc1ncnc(Nc2ccc(S(C)(=O)=O)cc2F)c1C#N. The molecule has 10 nitrogen and oxygen atoms in total.